The molecule has 1 heterocycles. The van der Waals surface area contributed by atoms with Crippen LogP contribution in [0.15, 0.2) is 24.0 Å². The van der Waals surface area contributed by atoms with Gasteiger partial charge in [-0.05, 0) is 44.6 Å². The number of aromatic nitrogens is 2. The standard InChI is InChI=1S/C16H26N4O/c1-14-11-19-20(13-14)10-9-17-12-16(21)18-8-7-15-5-3-2-4-6-15/h5,11,13,17H,2-4,6-10,12H2,1H3,(H,18,21). The predicted octanol–water partition coefficient (Wildman–Crippen LogP) is 1.79. The van der Waals surface area contributed by atoms with Crippen molar-refractivity contribution in [3.8, 4) is 0 Å². The van der Waals surface area contributed by atoms with E-state index in [1.165, 1.54) is 31.3 Å². The lowest BCUT2D eigenvalue weighted by Gasteiger charge is -2.13. The fourth-order valence-electron chi connectivity index (χ4n) is 2.54. The van der Waals surface area contributed by atoms with Crippen molar-refractivity contribution >= 4 is 5.91 Å². The minimum atomic E-state index is 0.0723. The minimum Gasteiger partial charge on any atom is -0.355 e. The molecule has 21 heavy (non-hydrogen) atoms. The summed E-state index contributed by atoms with van der Waals surface area (Å²) in [7, 11) is 0. The number of hydrogen-bond donors (Lipinski definition) is 2. The normalized spacial score (nSPS) is 14.8. The molecule has 0 saturated carbocycles. The van der Waals surface area contributed by atoms with Crippen LogP contribution in [0.2, 0.25) is 0 Å². The maximum Gasteiger partial charge on any atom is 0.233 e. The Balaban J connectivity index is 1.50. The van der Waals surface area contributed by atoms with Gasteiger partial charge < -0.3 is 10.6 Å². The van der Waals surface area contributed by atoms with E-state index in [1.54, 1.807) is 0 Å². The summed E-state index contributed by atoms with van der Waals surface area (Å²) in [4.78, 5) is 11.7. The molecule has 0 radical (unpaired) electrons. The second-order valence-corrected chi connectivity index (χ2v) is 5.67. The average Bonchev–Trinajstić information content (AvgIpc) is 2.90. The van der Waals surface area contributed by atoms with E-state index in [4.69, 9.17) is 0 Å². The summed E-state index contributed by atoms with van der Waals surface area (Å²) in [6.07, 6.45) is 12.2. The van der Waals surface area contributed by atoms with Gasteiger partial charge >= 0.3 is 0 Å². The number of nitrogens with zero attached hydrogens (tertiary/aromatic N) is 2. The number of hydrogen-bond acceptors (Lipinski definition) is 3. The first-order chi connectivity index (χ1) is 10.2. The Labute approximate surface area is 126 Å². The van der Waals surface area contributed by atoms with E-state index in [9.17, 15) is 4.79 Å². The van der Waals surface area contributed by atoms with Crippen molar-refractivity contribution in [1.82, 2.24) is 20.4 Å². The molecule has 0 aliphatic heterocycles. The molecule has 1 amide bonds. The van der Waals surface area contributed by atoms with Gasteiger partial charge in [-0.25, -0.2) is 0 Å². The van der Waals surface area contributed by atoms with Gasteiger partial charge in [-0.2, -0.15) is 5.10 Å². The highest BCUT2D eigenvalue weighted by atomic mass is 16.1. The molecule has 0 aromatic carbocycles. The van der Waals surface area contributed by atoms with E-state index in [0.717, 1.165) is 31.6 Å². The molecular weight excluding hydrogens is 264 g/mol. The number of carbonyl (C=O) groups is 1. The van der Waals surface area contributed by atoms with Gasteiger partial charge in [0.05, 0.1) is 19.3 Å². The van der Waals surface area contributed by atoms with Crippen LogP contribution in [0.25, 0.3) is 0 Å². The molecule has 0 bridgehead atoms. The second kappa shape index (κ2) is 8.62. The highest BCUT2D eigenvalue weighted by molar-refractivity contribution is 5.77. The molecule has 1 aromatic heterocycles. The maximum atomic E-state index is 11.7. The Morgan fingerprint density at radius 1 is 1.38 bits per heavy atom. The first-order valence-corrected chi connectivity index (χ1v) is 7.88. The molecule has 0 atom stereocenters. The first kappa shape index (κ1) is 15.8. The van der Waals surface area contributed by atoms with Crippen LogP contribution in [0.1, 0.15) is 37.7 Å². The van der Waals surface area contributed by atoms with Gasteiger partial charge in [0.25, 0.3) is 0 Å². The summed E-state index contributed by atoms with van der Waals surface area (Å²) < 4.78 is 1.88. The zero-order valence-corrected chi connectivity index (χ0v) is 12.9. The molecule has 0 fully saturated rings. The first-order valence-electron chi connectivity index (χ1n) is 7.88. The smallest absolute Gasteiger partial charge is 0.233 e. The molecule has 1 aliphatic carbocycles. The third-order valence-electron chi connectivity index (χ3n) is 3.72. The summed E-state index contributed by atoms with van der Waals surface area (Å²) in [6.45, 7) is 4.68. The maximum absolute atomic E-state index is 11.7. The van der Waals surface area contributed by atoms with Crippen molar-refractivity contribution in [2.24, 2.45) is 0 Å². The van der Waals surface area contributed by atoms with Crippen molar-refractivity contribution in [1.29, 1.82) is 0 Å². The van der Waals surface area contributed by atoms with Gasteiger partial charge in [0.15, 0.2) is 0 Å². The third-order valence-corrected chi connectivity index (χ3v) is 3.72. The number of nitrogens with one attached hydrogen (secondary N) is 2. The number of rotatable bonds is 8. The average molecular weight is 290 g/mol. The SMILES string of the molecule is Cc1cnn(CCNCC(=O)NCCC2=CCCCC2)c1. The van der Waals surface area contributed by atoms with E-state index >= 15 is 0 Å². The molecule has 0 unspecified atom stereocenters. The lowest BCUT2D eigenvalue weighted by atomic mass is 9.97. The van der Waals surface area contributed by atoms with Crippen LogP contribution in [0, 0.1) is 6.92 Å². The van der Waals surface area contributed by atoms with Gasteiger partial charge in [-0.3, -0.25) is 9.48 Å². The Bertz CT molecular complexity index is 478. The van der Waals surface area contributed by atoms with E-state index in [2.05, 4.69) is 21.8 Å². The molecule has 2 rings (SSSR count). The molecular formula is C16H26N4O. The van der Waals surface area contributed by atoms with Crippen LogP contribution in [0.5, 0.6) is 0 Å². The monoisotopic (exact) mass is 290 g/mol. The fourth-order valence-corrected chi connectivity index (χ4v) is 2.54. The Kier molecular flexibility index (Phi) is 6.47. The molecule has 0 spiro atoms. The number of amides is 1. The molecule has 0 saturated heterocycles. The summed E-state index contributed by atoms with van der Waals surface area (Å²) in [6, 6.07) is 0. The van der Waals surface area contributed by atoms with E-state index in [1.807, 2.05) is 24.0 Å². The van der Waals surface area contributed by atoms with Crippen molar-refractivity contribution < 1.29 is 4.79 Å². The number of aryl methyl sites for hydroxylation is 1. The quantitative estimate of drug-likeness (QED) is 0.567. The number of allylic oxidation sites excluding steroid dienone is 1. The summed E-state index contributed by atoms with van der Waals surface area (Å²) >= 11 is 0. The third kappa shape index (κ3) is 6.12. The highest BCUT2D eigenvalue weighted by Gasteiger charge is 2.05. The zero-order chi connectivity index (χ0) is 14.9. The molecule has 5 heteroatoms. The Morgan fingerprint density at radius 3 is 3.00 bits per heavy atom. The molecule has 2 N–H and O–H groups in total. The van der Waals surface area contributed by atoms with Gasteiger partial charge in [-0.15, -0.1) is 0 Å². The minimum absolute atomic E-state index is 0.0723. The predicted molar refractivity (Wildman–Crippen MR) is 84.0 cm³/mol. The summed E-state index contributed by atoms with van der Waals surface area (Å²) in [5, 5.41) is 10.3. The second-order valence-electron chi connectivity index (χ2n) is 5.67. The largest absolute Gasteiger partial charge is 0.355 e. The van der Waals surface area contributed by atoms with Crippen LogP contribution in [-0.2, 0) is 11.3 Å². The molecule has 1 aliphatic rings. The zero-order valence-electron chi connectivity index (χ0n) is 12.9. The molecule has 5 nitrogen and oxygen atoms in total. The van der Waals surface area contributed by atoms with E-state index in [-0.39, 0.29) is 5.91 Å². The lowest BCUT2D eigenvalue weighted by Crippen LogP contribution is -2.35. The van der Waals surface area contributed by atoms with Crippen LogP contribution in [0.3, 0.4) is 0 Å². The Morgan fingerprint density at radius 2 is 2.29 bits per heavy atom. The van der Waals surface area contributed by atoms with Crippen LogP contribution >= 0.6 is 0 Å². The van der Waals surface area contributed by atoms with Gasteiger partial charge in [0.1, 0.15) is 0 Å². The fraction of sp³-hybridized carbons (Fsp3) is 0.625. The van der Waals surface area contributed by atoms with Crippen LogP contribution < -0.4 is 10.6 Å². The van der Waals surface area contributed by atoms with Crippen molar-refractivity contribution in [3.05, 3.63) is 29.6 Å². The van der Waals surface area contributed by atoms with Gasteiger partial charge in [0.2, 0.25) is 5.91 Å². The summed E-state index contributed by atoms with van der Waals surface area (Å²) in [5.74, 6) is 0.0723. The Hall–Kier alpha value is -1.62. The summed E-state index contributed by atoms with van der Waals surface area (Å²) in [5.41, 5.74) is 2.66. The topological polar surface area (TPSA) is 59.0 Å². The van der Waals surface area contributed by atoms with Crippen molar-refractivity contribution in [2.45, 2.75) is 45.6 Å². The van der Waals surface area contributed by atoms with E-state index < -0.39 is 0 Å². The number of carbonyl (C=O) groups excluding carboxylic acids is 1. The van der Waals surface area contributed by atoms with Gasteiger partial charge in [0, 0.05) is 19.3 Å². The highest BCUT2D eigenvalue weighted by Crippen LogP contribution is 2.19. The van der Waals surface area contributed by atoms with Crippen molar-refractivity contribution in [2.75, 3.05) is 19.6 Å². The van der Waals surface area contributed by atoms with E-state index in [0.29, 0.717) is 6.54 Å². The van der Waals surface area contributed by atoms with Crippen LogP contribution in [0.4, 0.5) is 0 Å². The van der Waals surface area contributed by atoms with Crippen LogP contribution in [-0.4, -0.2) is 35.3 Å². The van der Waals surface area contributed by atoms with Gasteiger partial charge in [-0.1, -0.05) is 11.6 Å². The molecule has 116 valence electrons. The van der Waals surface area contributed by atoms with Crippen molar-refractivity contribution in [3.63, 3.8) is 0 Å². The molecule has 1 aromatic rings. The lowest BCUT2D eigenvalue weighted by molar-refractivity contribution is -0.120.